The average molecular weight is 635 g/mol. The van der Waals surface area contributed by atoms with Crippen molar-refractivity contribution < 1.29 is 13.9 Å². The van der Waals surface area contributed by atoms with Crippen molar-refractivity contribution in [1.29, 1.82) is 5.26 Å². The van der Waals surface area contributed by atoms with Crippen molar-refractivity contribution >= 4 is 39.0 Å². The molecule has 3 aromatic carbocycles. The number of halogens is 3. The minimum absolute atomic E-state index is 0.00959. The summed E-state index contributed by atoms with van der Waals surface area (Å²) < 4.78 is 20.3. The third kappa shape index (κ3) is 5.39. The van der Waals surface area contributed by atoms with Crippen LogP contribution in [0.25, 0.3) is 0 Å². The normalized spacial score (nSPS) is 18.3. The van der Waals surface area contributed by atoms with Crippen LogP contribution >= 0.6 is 27.5 Å². The maximum Gasteiger partial charge on any atom is 0.162 e. The zero-order valence-corrected chi connectivity index (χ0v) is 25.7. The lowest BCUT2D eigenvalue weighted by Crippen LogP contribution is -2.42. The Kier molecular flexibility index (Phi) is 7.76. The van der Waals surface area contributed by atoms with E-state index in [1.54, 1.807) is 0 Å². The van der Waals surface area contributed by atoms with E-state index in [9.17, 15) is 14.4 Å². The number of anilines is 1. The van der Waals surface area contributed by atoms with E-state index in [2.05, 4.69) is 35.8 Å². The number of hydrogen-bond donors (Lipinski definition) is 1. The third-order valence-electron chi connectivity index (χ3n) is 7.76. The molecule has 210 valence electrons. The van der Waals surface area contributed by atoms with Gasteiger partial charge in [-0.1, -0.05) is 55.3 Å². The molecule has 1 aliphatic carbocycles. The SMILES string of the molecule is Cc1cc(COc2ccc(F)cc2Cl)c(C)c(C2C(C#N)=C(N)N(c3ccccc3Br)C3=C2C(=O)CC(C)(C)C3)c1. The van der Waals surface area contributed by atoms with Crippen LogP contribution in [0.15, 0.2) is 81.7 Å². The number of para-hydroxylation sites is 1. The Morgan fingerprint density at radius 1 is 1.17 bits per heavy atom. The zero-order chi connectivity index (χ0) is 29.6. The Hall–Kier alpha value is -3.60. The highest BCUT2D eigenvalue weighted by Gasteiger charge is 2.45. The number of allylic oxidation sites excluding steroid dienone is 3. The highest BCUT2D eigenvalue weighted by atomic mass is 79.9. The van der Waals surface area contributed by atoms with Gasteiger partial charge >= 0.3 is 0 Å². The molecule has 2 N–H and O–H groups in total. The van der Waals surface area contributed by atoms with E-state index in [1.807, 2.05) is 55.1 Å². The highest BCUT2D eigenvalue weighted by molar-refractivity contribution is 9.10. The van der Waals surface area contributed by atoms with Crippen LogP contribution in [0, 0.1) is 36.4 Å². The number of ether oxygens (including phenoxy) is 1. The summed E-state index contributed by atoms with van der Waals surface area (Å²) in [5.41, 5.74) is 12.6. The van der Waals surface area contributed by atoms with Gasteiger partial charge in [0.2, 0.25) is 0 Å². The average Bonchev–Trinajstić information content (AvgIpc) is 2.89. The summed E-state index contributed by atoms with van der Waals surface area (Å²) in [5.74, 6) is -0.372. The van der Waals surface area contributed by atoms with Crippen molar-refractivity contribution in [2.24, 2.45) is 11.1 Å². The Morgan fingerprint density at radius 3 is 2.59 bits per heavy atom. The number of ketones is 1. The molecule has 5 nitrogen and oxygen atoms in total. The second-order valence-electron chi connectivity index (χ2n) is 11.4. The van der Waals surface area contributed by atoms with Crippen LogP contribution in [0.4, 0.5) is 10.1 Å². The Balaban J connectivity index is 1.67. The highest BCUT2D eigenvalue weighted by Crippen LogP contribution is 2.51. The molecule has 0 saturated carbocycles. The van der Waals surface area contributed by atoms with Crippen LogP contribution in [0.3, 0.4) is 0 Å². The van der Waals surface area contributed by atoms with Crippen molar-refractivity contribution in [2.75, 3.05) is 4.90 Å². The largest absolute Gasteiger partial charge is 0.487 e. The van der Waals surface area contributed by atoms with E-state index in [1.165, 1.54) is 18.2 Å². The van der Waals surface area contributed by atoms with Crippen LogP contribution in [0.5, 0.6) is 5.75 Å². The molecule has 41 heavy (non-hydrogen) atoms. The van der Waals surface area contributed by atoms with E-state index in [-0.39, 0.29) is 22.8 Å². The van der Waals surface area contributed by atoms with Gasteiger partial charge < -0.3 is 10.5 Å². The summed E-state index contributed by atoms with van der Waals surface area (Å²) >= 11 is 9.84. The predicted molar refractivity (Wildman–Crippen MR) is 163 cm³/mol. The molecule has 1 aliphatic heterocycles. The third-order valence-corrected chi connectivity index (χ3v) is 8.73. The quantitative estimate of drug-likeness (QED) is 0.305. The van der Waals surface area contributed by atoms with Gasteiger partial charge in [-0.25, -0.2) is 4.39 Å². The molecule has 0 amide bonds. The number of hydrogen-bond acceptors (Lipinski definition) is 5. The molecule has 8 heteroatoms. The minimum atomic E-state index is -0.620. The number of carbonyl (C=O) groups excluding carboxylic acids is 1. The first-order valence-corrected chi connectivity index (χ1v) is 14.5. The van der Waals surface area contributed by atoms with Crippen molar-refractivity contribution in [3.8, 4) is 11.8 Å². The first-order chi connectivity index (χ1) is 19.4. The first-order valence-electron chi connectivity index (χ1n) is 13.3. The molecule has 0 bridgehead atoms. The van der Waals surface area contributed by atoms with Gasteiger partial charge in [0.25, 0.3) is 0 Å². The van der Waals surface area contributed by atoms with Crippen LogP contribution in [0.2, 0.25) is 5.02 Å². The van der Waals surface area contributed by atoms with Gasteiger partial charge in [0, 0.05) is 22.2 Å². The van der Waals surface area contributed by atoms with Crippen LogP contribution < -0.4 is 15.4 Å². The number of benzene rings is 3. The van der Waals surface area contributed by atoms with E-state index < -0.39 is 11.7 Å². The van der Waals surface area contributed by atoms with Gasteiger partial charge in [0.15, 0.2) is 5.78 Å². The molecule has 1 unspecified atom stereocenters. The molecule has 0 saturated heterocycles. The molecule has 1 heterocycles. The maximum atomic E-state index is 14.0. The number of carbonyl (C=O) groups is 1. The van der Waals surface area contributed by atoms with Gasteiger partial charge in [0.05, 0.1) is 28.3 Å². The molecule has 3 aromatic rings. The maximum absolute atomic E-state index is 14.0. The summed E-state index contributed by atoms with van der Waals surface area (Å²) in [6.45, 7) is 8.26. The monoisotopic (exact) mass is 633 g/mol. The van der Waals surface area contributed by atoms with Gasteiger partial charge in [0.1, 0.15) is 24.0 Å². The van der Waals surface area contributed by atoms with Gasteiger partial charge in [-0.2, -0.15) is 5.26 Å². The zero-order valence-electron chi connectivity index (χ0n) is 23.3. The van der Waals surface area contributed by atoms with Crippen LogP contribution in [-0.2, 0) is 11.4 Å². The summed E-state index contributed by atoms with van der Waals surface area (Å²) in [4.78, 5) is 15.8. The van der Waals surface area contributed by atoms with E-state index in [4.69, 9.17) is 22.1 Å². The summed E-state index contributed by atoms with van der Waals surface area (Å²) in [6.07, 6.45) is 0.990. The van der Waals surface area contributed by atoms with E-state index in [0.717, 1.165) is 38.1 Å². The number of nitrogens with zero attached hydrogens (tertiary/aromatic N) is 2. The lowest BCUT2D eigenvalue weighted by molar-refractivity contribution is -0.118. The molecular formula is C33H30BrClFN3O2. The lowest BCUT2D eigenvalue weighted by Gasteiger charge is -2.44. The van der Waals surface area contributed by atoms with Crippen molar-refractivity contribution in [1.82, 2.24) is 0 Å². The second kappa shape index (κ2) is 11.0. The Labute approximate surface area is 253 Å². The first kappa shape index (κ1) is 28.9. The molecule has 0 aromatic heterocycles. The standard InChI is InChI=1S/C33H30BrClFN3O2/c1-18-11-20(17-41-29-10-9-21(36)13-25(29)35)19(2)22(12-18)30-23(16-37)32(38)39(26-8-6-5-7-24(26)34)27-14-33(3,4)15-28(40)31(27)30/h5-13,30H,14-15,17,38H2,1-4H3. The van der Waals surface area contributed by atoms with Gasteiger partial charge in [-0.05, 0) is 88.6 Å². The molecule has 0 spiro atoms. The number of Topliss-reactive ketones (excluding diaryl/α,β-unsaturated/α-hetero) is 1. The van der Waals surface area contributed by atoms with Crippen LogP contribution in [0.1, 0.15) is 54.9 Å². The molecule has 2 aliphatic rings. The smallest absolute Gasteiger partial charge is 0.162 e. The van der Waals surface area contributed by atoms with Gasteiger partial charge in [-0.15, -0.1) is 0 Å². The predicted octanol–water partition coefficient (Wildman–Crippen LogP) is 8.38. The fourth-order valence-electron chi connectivity index (χ4n) is 5.89. The van der Waals surface area contributed by atoms with Gasteiger partial charge in [-0.3, -0.25) is 9.69 Å². The summed E-state index contributed by atoms with van der Waals surface area (Å²) in [7, 11) is 0. The topological polar surface area (TPSA) is 79.3 Å². The molecule has 0 radical (unpaired) electrons. The summed E-state index contributed by atoms with van der Waals surface area (Å²) in [5, 5.41) is 10.7. The fourth-order valence-corrected chi connectivity index (χ4v) is 6.57. The van der Waals surface area contributed by atoms with Crippen molar-refractivity contribution in [2.45, 2.75) is 53.1 Å². The molecular weight excluding hydrogens is 605 g/mol. The van der Waals surface area contributed by atoms with Crippen molar-refractivity contribution in [3.63, 3.8) is 0 Å². The summed E-state index contributed by atoms with van der Waals surface area (Å²) in [6, 6.07) is 18.1. The number of rotatable bonds is 5. The Bertz CT molecular complexity index is 1690. The van der Waals surface area contributed by atoms with E-state index >= 15 is 0 Å². The van der Waals surface area contributed by atoms with E-state index in [0.29, 0.717) is 35.6 Å². The Morgan fingerprint density at radius 2 is 1.90 bits per heavy atom. The minimum Gasteiger partial charge on any atom is -0.487 e. The van der Waals surface area contributed by atoms with Crippen molar-refractivity contribution in [3.05, 3.63) is 115 Å². The number of nitrogens with two attached hydrogens (primary N) is 1. The molecule has 5 rings (SSSR count). The number of nitriles is 1. The fraction of sp³-hybridized carbons (Fsp3) is 0.273. The second-order valence-corrected chi connectivity index (χ2v) is 12.7. The molecule has 1 atom stereocenters. The number of aryl methyl sites for hydroxylation is 1. The van der Waals surface area contributed by atoms with Crippen LogP contribution in [-0.4, -0.2) is 5.78 Å². The molecule has 0 fully saturated rings. The lowest BCUT2D eigenvalue weighted by atomic mass is 9.68.